The second-order valence-corrected chi connectivity index (χ2v) is 9.48. The van der Waals surface area contributed by atoms with E-state index in [9.17, 15) is 9.59 Å². The molecule has 0 saturated carbocycles. The van der Waals surface area contributed by atoms with E-state index in [1.165, 1.54) is 23.1 Å². The number of nitrogens with zero attached hydrogens (tertiary/aromatic N) is 3. The van der Waals surface area contributed by atoms with Crippen LogP contribution >= 0.6 is 34.7 Å². The van der Waals surface area contributed by atoms with Crippen LogP contribution in [0.2, 0.25) is 5.02 Å². The van der Waals surface area contributed by atoms with Gasteiger partial charge in [-0.25, -0.2) is 4.79 Å². The molecule has 2 aromatic heterocycles. The van der Waals surface area contributed by atoms with Gasteiger partial charge in [0.25, 0.3) is 0 Å². The average molecular weight is 509 g/mol. The Hall–Kier alpha value is -2.56. The van der Waals surface area contributed by atoms with E-state index in [0.717, 1.165) is 10.4 Å². The summed E-state index contributed by atoms with van der Waals surface area (Å²) < 4.78 is 12.8. The number of anilines is 1. The number of carbonyl (C=O) groups excluding carboxylic acids is 2. The Balaban J connectivity index is 1.64. The lowest BCUT2D eigenvalue weighted by Gasteiger charge is -2.10. The lowest BCUT2D eigenvalue weighted by Crippen LogP contribution is -2.17. The molecule has 2 heterocycles. The quantitative estimate of drug-likeness (QED) is 0.300. The van der Waals surface area contributed by atoms with E-state index in [0.29, 0.717) is 38.9 Å². The number of nitrogens with one attached hydrogen (secondary N) is 1. The average Bonchev–Trinajstić information content (AvgIpc) is 3.31. The molecule has 0 bridgehead atoms. The zero-order valence-electron chi connectivity index (χ0n) is 18.8. The van der Waals surface area contributed by atoms with Crippen molar-refractivity contribution in [2.75, 3.05) is 17.7 Å². The molecule has 0 aliphatic heterocycles. The largest absolute Gasteiger partial charge is 0.484 e. The number of hydrogen-bond acceptors (Lipinski definition) is 8. The normalized spacial score (nSPS) is 10.8. The molecule has 1 amide bonds. The van der Waals surface area contributed by atoms with Gasteiger partial charge in [-0.15, -0.1) is 21.5 Å². The van der Waals surface area contributed by atoms with Crippen LogP contribution in [-0.4, -0.2) is 39.0 Å². The molecule has 0 unspecified atom stereocenters. The highest BCUT2D eigenvalue weighted by Gasteiger charge is 2.22. The maximum Gasteiger partial charge on any atom is 0.341 e. The number of carbonyl (C=O) groups is 2. The third-order valence-electron chi connectivity index (χ3n) is 4.75. The minimum Gasteiger partial charge on any atom is -0.484 e. The van der Waals surface area contributed by atoms with Gasteiger partial charge in [0.15, 0.2) is 11.0 Å². The van der Waals surface area contributed by atoms with Gasteiger partial charge in [0, 0.05) is 11.4 Å². The number of benzene rings is 1. The van der Waals surface area contributed by atoms with E-state index in [2.05, 4.69) is 15.5 Å². The van der Waals surface area contributed by atoms with Crippen LogP contribution in [-0.2, 0) is 22.7 Å². The van der Waals surface area contributed by atoms with E-state index in [1.54, 1.807) is 19.1 Å². The molecule has 0 spiro atoms. The number of thioether (sulfide) groups is 1. The van der Waals surface area contributed by atoms with Crippen molar-refractivity contribution in [3.63, 3.8) is 0 Å². The molecular weight excluding hydrogens is 484 g/mol. The first-order chi connectivity index (χ1) is 15.8. The van der Waals surface area contributed by atoms with Crippen molar-refractivity contribution in [3.8, 4) is 5.75 Å². The zero-order chi connectivity index (χ0) is 24.0. The molecule has 0 fully saturated rings. The Morgan fingerprint density at radius 1 is 1.21 bits per heavy atom. The fourth-order valence-corrected chi connectivity index (χ4v) is 5.09. The van der Waals surface area contributed by atoms with Gasteiger partial charge in [0.2, 0.25) is 5.91 Å². The zero-order valence-corrected chi connectivity index (χ0v) is 21.2. The summed E-state index contributed by atoms with van der Waals surface area (Å²) in [4.78, 5) is 25.9. The maximum atomic E-state index is 12.6. The second kappa shape index (κ2) is 11.5. The Morgan fingerprint density at radius 2 is 1.97 bits per heavy atom. The van der Waals surface area contributed by atoms with Gasteiger partial charge in [-0.3, -0.25) is 4.79 Å². The van der Waals surface area contributed by atoms with Crippen LogP contribution in [0.25, 0.3) is 0 Å². The third-order valence-corrected chi connectivity index (χ3v) is 7.15. The van der Waals surface area contributed by atoms with Gasteiger partial charge in [-0.05, 0) is 45.4 Å². The summed E-state index contributed by atoms with van der Waals surface area (Å²) in [7, 11) is 0. The molecular formula is C22H25ClN4O4S2. The number of thiophene rings is 1. The number of hydrogen-bond donors (Lipinski definition) is 1. The number of para-hydroxylation sites is 1. The summed E-state index contributed by atoms with van der Waals surface area (Å²) in [5, 5.41) is 12.9. The first-order valence-electron chi connectivity index (χ1n) is 10.3. The summed E-state index contributed by atoms with van der Waals surface area (Å²) in [5.74, 6) is 0.635. The van der Waals surface area contributed by atoms with Crippen molar-refractivity contribution in [1.82, 2.24) is 14.8 Å². The summed E-state index contributed by atoms with van der Waals surface area (Å²) >= 11 is 8.76. The van der Waals surface area contributed by atoms with E-state index in [4.69, 9.17) is 21.1 Å². The van der Waals surface area contributed by atoms with Gasteiger partial charge in [0.05, 0.1) is 22.9 Å². The molecule has 0 saturated heterocycles. The van der Waals surface area contributed by atoms with Gasteiger partial charge < -0.3 is 19.4 Å². The number of halogens is 1. The van der Waals surface area contributed by atoms with Crippen molar-refractivity contribution in [2.24, 2.45) is 0 Å². The summed E-state index contributed by atoms with van der Waals surface area (Å²) in [6, 6.07) is 7.21. The minimum atomic E-state index is -0.434. The summed E-state index contributed by atoms with van der Waals surface area (Å²) in [6.07, 6.45) is 0. The number of esters is 1. The fraction of sp³-hybridized carbons (Fsp3) is 0.364. The Bertz CT molecular complexity index is 1150. The smallest absolute Gasteiger partial charge is 0.341 e. The first kappa shape index (κ1) is 25.1. The van der Waals surface area contributed by atoms with E-state index in [-0.39, 0.29) is 24.9 Å². The van der Waals surface area contributed by atoms with Crippen LogP contribution in [0.4, 0.5) is 5.00 Å². The number of aromatic nitrogens is 3. The predicted octanol–water partition coefficient (Wildman–Crippen LogP) is 5.12. The van der Waals surface area contributed by atoms with Gasteiger partial charge in [-0.1, -0.05) is 35.5 Å². The molecule has 33 heavy (non-hydrogen) atoms. The van der Waals surface area contributed by atoms with Gasteiger partial charge in [0.1, 0.15) is 17.4 Å². The number of amides is 1. The molecule has 3 rings (SSSR count). The second-order valence-electron chi connectivity index (χ2n) is 6.91. The molecule has 0 aliphatic carbocycles. The van der Waals surface area contributed by atoms with Crippen molar-refractivity contribution in [3.05, 3.63) is 51.1 Å². The highest BCUT2D eigenvalue weighted by Crippen LogP contribution is 2.33. The molecule has 1 aromatic carbocycles. The Kier molecular flexibility index (Phi) is 8.76. The minimum absolute atomic E-state index is 0.113. The Morgan fingerprint density at radius 3 is 2.67 bits per heavy atom. The maximum absolute atomic E-state index is 12.6. The predicted molar refractivity (Wildman–Crippen MR) is 131 cm³/mol. The first-order valence-corrected chi connectivity index (χ1v) is 12.5. The number of rotatable bonds is 10. The van der Waals surface area contributed by atoms with Gasteiger partial charge in [-0.2, -0.15) is 0 Å². The van der Waals surface area contributed by atoms with Crippen LogP contribution in [0.1, 0.15) is 40.5 Å². The molecule has 176 valence electrons. The molecule has 0 atom stereocenters. The van der Waals surface area contributed by atoms with E-state index >= 15 is 0 Å². The van der Waals surface area contributed by atoms with Crippen molar-refractivity contribution < 1.29 is 19.1 Å². The van der Waals surface area contributed by atoms with Crippen LogP contribution in [0, 0.1) is 13.8 Å². The Labute approximate surface area is 205 Å². The molecule has 0 radical (unpaired) electrons. The highest BCUT2D eigenvalue weighted by molar-refractivity contribution is 7.99. The van der Waals surface area contributed by atoms with Crippen LogP contribution in [0.15, 0.2) is 29.4 Å². The van der Waals surface area contributed by atoms with Crippen molar-refractivity contribution in [1.29, 1.82) is 0 Å². The molecule has 3 aromatic rings. The van der Waals surface area contributed by atoms with E-state index in [1.807, 2.05) is 37.5 Å². The highest BCUT2D eigenvalue weighted by atomic mass is 35.5. The van der Waals surface area contributed by atoms with Crippen molar-refractivity contribution in [2.45, 2.75) is 46.0 Å². The number of aryl methyl sites for hydroxylation is 1. The fourth-order valence-electron chi connectivity index (χ4n) is 3.01. The molecule has 8 nitrogen and oxygen atoms in total. The third kappa shape index (κ3) is 6.07. The molecule has 1 N–H and O–H groups in total. The topological polar surface area (TPSA) is 95.3 Å². The SMILES string of the molecule is CCOC(=O)c1c(NC(=O)CSc2nnc(COc3ccccc3Cl)n2CC)sc(C)c1C. The molecule has 11 heteroatoms. The standard InChI is InChI=1S/C22H25ClN4O4S2/c1-5-27-17(11-31-16-10-8-7-9-15(16)23)25-26-22(27)32-12-18(28)24-20-19(21(29)30-6-2)13(3)14(4)33-20/h7-10H,5-6,11-12H2,1-4H3,(H,24,28). The lowest BCUT2D eigenvalue weighted by atomic mass is 10.1. The molecule has 0 aliphatic rings. The van der Waals surface area contributed by atoms with Crippen LogP contribution in [0.5, 0.6) is 5.75 Å². The monoisotopic (exact) mass is 508 g/mol. The van der Waals surface area contributed by atoms with Crippen LogP contribution in [0.3, 0.4) is 0 Å². The number of ether oxygens (including phenoxy) is 2. The summed E-state index contributed by atoms with van der Waals surface area (Å²) in [5.41, 5.74) is 1.23. The van der Waals surface area contributed by atoms with Crippen LogP contribution < -0.4 is 10.1 Å². The van der Waals surface area contributed by atoms with Crippen molar-refractivity contribution >= 4 is 51.6 Å². The summed E-state index contributed by atoms with van der Waals surface area (Å²) in [6.45, 7) is 8.56. The van der Waals surface area contributed by atoms with Gasteiger partial charge >= 0.3 is 5.97 Å². The van der Waals surface area contributed by atoms with E-state index < -0.39 is 5.97 Å². The lowest BCUT2D eigenvalue weighted by molar-refractivity contribution is -0.113.